The predicted molar refractivity (Wildman–Crippen MR) is 102 cm³/mol. The van der Waals surface area contributed by atoms with Gasteiger partial charge in [0.15, 0.2) is 0 Å². The number of nitrogens with one attached hydrogen (secondary N) is 1. The number of pyridine rings is 1. The number of hydrogen-bond donors (Lipinski definition) is 1. The molecule has 2 aromatic rings. The summed E-state index contributed by atoms with van der Waals surface area (Å²) in [6.45, 7) is 0. The topological polar surface area (TPSA) is 82.8 Å². The van der Waals surface area contributed by atoms with E-state index < -0.39 is 16.2 Å². The zero-order valence-corrected chi connectivity index (χ0v) is 15.8. The van der Waals surface area contributed by atoms with Crippen LogP contribution in [0, 0.1) is 11.3 Å². The van der Waals surface area contributed by atoms with Gasteiger partial charge in [0, 0.05) is 45.2 Å². The van der Waals surface area contributed by atoms with E-state index in [0.29, 0.717) is 17.2 Å². The van der Waals surface area contributed by atoms with E-state index >= 15 is 0 Å². The van der Waals surface area contributed by atoms with Crippen LogP contribution in [0.25, 0.3) is 11.1 Å². The number of nitrogens with zero attached hydrogens (tertiary/aromatic N) is 2. The molecule has 1 aliphatic carbocycles. The first-order chi connectivity index (χ1) is 12.5. The lowest BCUT2D eigenvalue weighted by Crippen LogP contribution is -2.24. The fourth-order valence-corrected chi connectivity index (χ4v) is 4.10. The zero-order chi connectivity index (χ0) is 18.7. The van der Waals surface area contributed by atoms with Gasteiger partial charge in [0.25, 0.3) is 0 Å². The number of halogens is 1. The summed E-state index contributed by atoms with van der Waals surface area (Å²) in [6, 6.07) is 11.3. The number of hydrogen-bond acceptors (Lipinski definition) is 4. The number of aromatic nitrogens is 1. The third-order valence-electron chi connectivity index (χ3n) is 4.58. The van der Waals surface area contributed by atoms with Crippen molar-refractivity contribution in [3.05, 3.63) is 52.8 Å². The van der Waals surface area contributed by atoms with E-state index in [0.717, 1.165) is 35.2 Å². The molecule has 0 bridgehead atoms. The Morgan fingerprint density at radius 1 is 1.42 bits per heavy atom. The largest absolute Gasteiger partial charge is 0.351 e. The maximum Gasteiger partial charge on any atom is 0.207 e. The van der Waals surface area contributed by atoms with E-state index in [1.54, 1.807) is 18.5 Å². The van der Waals surface area contributed by atoms with Crippen molar-refractivity contribution in [1.82, 2.24) is 10.3 Å². The number of benzene rings is 1. The maximum atomic E-state index is 11.6. The molecule has 5 nitrogen and oxygen atoms in total. The normalized spacial score (nSPS) is 17.0. The SMILES string of the molecule is CS(=O)CC(NC=O)c1ccc(-c2cccnc2C2(C#N)CC2)c(Cl)c1. The smallest absolute Gasteiger partial charge is 0.207 e. The van der Waals surface area contributed by atoms with Crippen molar-refractivity contribution in [1.29, 1.82) is 5.26 Å². The summed E-state index contributed by atoms with van der Waals surface area (Å²) in [5, 5.41) is 12.7. The second-order valence-corrected chi connectivity index (χ2v) is 8.30. The van der Waals surface area contributed by atoms with Gasteiger partial charge >= 0.3 is 0 Å². The third-order valence-corrected chi connectivity index (χ3v) is 5.70. The van der Waals surface area contributed by atoms with E-state index in [1.165, 1.54) is 0 Å². The monoisotopic (exact) mass is 387 g/mol. The Kier molecular flexibility index (Phi) is 5.40. The highest BCUT2D eigenvalue weighted by Gasteiger charge is 2.47. The highest BCUT2D eigenvalue weighted by atomic mass is 35.5. The molecule has 1 N–H and O–H groups in total. The minimum absolute atomic E-state index is 0.310. The molecule has 1 aromatic carbocycles. The Morgan fingerprint density at radius 2 is 2.19 bits per heavy atom. The van der Waals surface area contributed by atoms with E-state index in [4.69, 9.17) is 11.6 Å². The molecular weight excluding hydrogens is 370 g/mol. The van der Waals surface area contributed by atoms with E-state index in [-0.39, 0.29) is 6.04 Å². The van der Waals surface area contributed by atoms with Gasteiger partial charge in [-0.2, -0.15) is 5.26 Å². The number of carbonyl (C=O) groups excluding carboxylic acids is 1. The second kappa shape index (κ2) is 7.56. The zero-order valence-electron chi connectivity index (χ0n) is 14.2. The first-order valence-electron chi connectivity index (χ1n) is 8.17. The van der Waals surface area contributed by atoms with Crippen LogP contribution in [0.3, 0.4) is 0 Å². The summed E-state index contributed by atoms with van der Waals surface area (Å²) in [6.07, 6.45) is 5.49. The molecule has 2 atom stereocenters. The highest BCUT2D eigenvalue weighted by molar-refractivity contribution is 7.84. The van der Waals surface area contributed by atoms with Crippen LogP contribution in [0.2, 0.25) is 5.02 Å². The summed E-state index contributed by atoms with van der Waals surface area (Å²) in [4.78, 5) is 15.3. The van der Waals surface area contributed by atoms with Gasteiger partial charge in [-0.3, -0.25) is 14.0 Å². The summed E-state index contributed by atoms with van der Waals surface area (Å²) in [5.74, 6) is 0.310. The van der Waals surface area contributed by atoms with Crippen molar-refractivity contribution in [3.63, 3.8) is 0 Å². The van der Waals surface area contributed by atoms with Crippen molar-refractivity contribution in [3.8, 4) is 17.2 Å². The van der Waals surface area contributed by atoms with Gasteiger partial charge in [-0.1, -0.05) is 29.8 Å². The standard InChI is InChI=1S/C19H18ClN3O2S/c1-26(25)10-17(23-12-24)13-4-5-14(16(20)9-13)15-3-2-8-22-18(15)19(11-21)6-7-19/h2-5,8-9,12,17H,6-7,10H2,1H3,(H,23,24). The van der Waals surface area contributed by atoms with Gasteiger partial charge in [-0.05, 0) is 30.5 Å². The average Bonchev–Trinajstić information content (AvgIpc) is 3.42. The Morgan fingerprint density at radius 3 is 2.77 bits per heavy atom. The minimum atomic E-state index is -1.06. The lowest BCUT2D eigenvalue weighted by atomic mass is 9.93. The van der Waals surface area contributed by atoms with E-state index in [9.17, 15) is 14.3 Å². The lowest BCUT2D eigenvalue weighted by molar-refractivity contribution is -0.110. The minimum Gasteiger partial charge on any atom is -0.351 e. The van der Waals surface area contributed by atoms with Crippen LogP contribution in [0.4, 0.5) is 0 Å². The van der Waals surface area contributed by atoms with Crippen LogP contribution in [-0.4, -0.2) is 27.6 Å². The maximum absolute atomic E-state index is 11.6. The molecule has 1 amide bonds. The molecule has 134 valence electrons. The van der Waals surface area contributed by atoms with Crippen LogP contribution < -0.4 is 5.32 Å². The lowest BCUT2D eigenvalue weighted by Gasteiger charge is -2.18. The van der Waals surface area contributed by atoms with Gasteiger partial charge in [-0.25, -0.2) is 0 Å². The van der Waals surface area contributed by atoms with Crippen molar-refractivity contribution < 1.29 is 9.00 Å². The second-order valence-electron chi connectivity index (χ2n) is 6.41. The summed E-state index contributed by atoms with van der Waals surface area (Å²) in [7, 11) is -1.06. The molecule has 3 rings (SSSR count). The van der Waals surface area contributed by atoms with Crippen LogP contribution in [0.5, 0.6) is 0 Å². The fraction of sp³-hybridized carbons (Fsp3) is 0.316. The molecule has 1 aromatic heterocycles. The number of rotatable bonds is 7. The van der Waals surface area contributed by atoms with E-state index in [2.05, 4.69) is 16.4 Å². The van der Waals surface area contributed by atoms with Gasteiger partial charge in [0.05, 0.1) is 17.8 Å². The molecule has 0 aliphatic heterocycles. The quantitative estimate of drug-likeness (QED) is 0.740. The predicted octanol–water partition coefficient (Wildman–Crippen LogP) is 3.12. The molecule has 26 heavy (non-hydrogen) atoms. The van der Waals surface area contributed by atoms with Crippen molar-refractivity contribution in [2.75, 3.05) is 12.0 Å². The Hall–Kier alpha value is -2.23. The number of amides is 1. The third kappa shape index (κ3) is 3.64. The molecule has 1 fully saturated rings. The molecule has 2 unspecified atom stereocenters. The Bertz CT molecular complexity index is 906. The van der Waals surface area contributed by atoms with Crippen molar-refractivity contribution >= 4 is 28.8 Å². The molecule has 1 heterocycles. The van der Waals surface area contributed by atoms with Crippen LogP contribution in [-0.2, 0) is 21.0 Å². The number of carbonyl (C=O) groups is 1. The first kappa shape index (κ1) is 18.6. The molecule has 7 heteroatoms. The van der Waals surface area contributed by atoms with Crippen LogP contribution in [0.1, 0.15) is 30.1 Å². The summed E-state index contributed by atoms with van der Waals surface area (Å²) < 4.78 is 11.6. The molecule has 0 spiro atoms. The van der Waals surface area contributed by atoms with Gasteiger partial charge in [0.2, 0.25) is 6.41 Å². The van der Waals surface area contributed by atoms with E-state index in [1.807, 2.05) is 24.3 Å². The number of nitriles is 1. The van der Waals surface area contributed by atoms with Crippen LogP contribution in [0.15, 0.2) is 36.5 Å². The molecule has 0 radical (unpaired) electrons. The first-order valence-corrected chi connectivity index (χ1v) is 10.3. The van der Waals surface area contributed by atoms with Crippen molar-refractivity contribution in [2.45, 2.75) is 24.3 Å². The highest BCUT2D eigenvalue weighted by Crippen LogP contribution is 2.50. The van der Waals surface area contributed by atoms with Gasteiger partial charge in [-0.15, -0.1) is 0 Å². The molecule has 1 saturated carbocycles. The van der Waals surface area contributed by atoms with Crippen molar-refractivity contribution in [2.24, 2.45) is 0 Å². The Labute approximate surface area is 159 Å². The van der Waals surface area contributed by atoms with Crippen LogP contribution >= 0.6 is 11.6 Å². The molecule has 0 saturated heterocycles. The van der Waals surface area contributed by atoms with Gasteiger partial charge in [0.1, 0.15) is 5.41 Å². The molecule has 1 aliphatic rings. The fourth-order valence-electron chi connectivity index (χ4n) is 3.05. The Balaban J connectivity index is 2.01. The summed E-state index contributed by atoms with van der Waals surface area (Å²) in [5.41, 5.74) is 2.67. The average molecular weight is 388 g/mol. The van der Waals surface area contributed by atoms with Gasteiger partial charge < -0.3 is 5.32 Å². The molecular formula is C19H18ClN3O2S. The summed E-state index contributed by atoms with van der Waals surface area (Å²) >= 11 is 6.53.